The van der Waals surface area contributed by atoms with E-state index < -0.39 is 17.9 Å². The summed E-state index contributed by atoms with van der Waals surface area (Å²) in [7, 11) is 0. The number of H-pyrrole nitrogens is 1. The summed E-state index contributed by atoms with van der Waals surface area (Å²) in [5.74, 6) is -1.68. The van der Waals surface area contributed by atoms with Crippen LogP contribution in [0.3, 0.4) is 0 Å². The average molecular weight is 942 g/mol. The molecule has 22 heteroatoms. The number of hydrogen-bond donors (Lipinski definition) is 2. The predicted octanol–water partition coefficient (Wildman–Crippen LogP) is 5.44. The number of hydrogen-bond acceptors (Lipinski definition) is 15. The summed E-state index contributed by atoms with van der Waals surface area (Å²) in [4.78, 5) is 34.4. The Hall–Kier alpha value is -7.86. The van der Waals surface area contributed by atoms with Crippen molar-refractivity contribution in [2.75, 3.05) is 13.2 Å². The Kier molecular flexibility index (Phi) is 21.1. The number of nitrogens with zero attached hydrogens (tertiary/aromatic N) is 8. The fourth-order valence-electron chi connectivity index (χ4n) is 5.92. The van der Waals surface area contributed by atoms with Crippen molar-refractivity contribution in [3.8, 4) is 45.5 Å². The van der Waals surface area contributed by atoms with Gasteiger partial charge in [-0.1, -0.05) is 106 Å². The molecule has 6 aromatic heterocycles. The van der Waals surface area contributed by atoms with Crippen molar-refractivity contribution < 1.29 is 72.3 Å². The number of carbonyl (C=O) groups is 3. The fraction of sp³-hybridized carbons (Fsp3) is 0.152. The molecule has 68 heavy (non-hydrogen) atoms. The Morgan fingerprint density at radius 1 is 0.618 bits per heavy atom. The zero-order valence-electron chi connectivity index (χ0n) is 37.7. The van der Waals surface area contributed by atoms with Crippen molar-refractivity contribution in [2.45, 2.75) is 34.6 Å². The number of carbonyl (C=O) groups excluding carboxylic acids is 2. The molecule has 0 saturated carbocycles. The number of aromatic amines is 1. The molecule has 0 aliphatic rings. The number of esters is 2. The van der Waals surface area contributed by atoms with Crippen LogP contribution in [0.5, 0.6) is 0 Å². The summed E-state index contributed by atoms with van der Waals surface area (Å²) in [6, 6.07) is 35.1. The van der Waals surface area contributed by atoms with Gasteiger partial charge in [-0.15, -0.1) is 0 Å². The maximum atomic E-state index is 12.0. The number of aromatic nitrogens is 9. The summed E-state index contributed by atoms with van der Waals surface area (Å²) >= 11 is 5.55. The minimum atomic E-state index is -1.09. The minimum Gasteiger partial charge on any atom is -0.870 e. The molecule has 20 nitrogen and oxygen atoms in total. The molecule has 3 aromatic carbocycles. The van der Waals surface area contributed by atoms with Gasteiger partial charge in [-0.25, -0.2) is 23.7 Å². The van der Waals surface area contributed by atoms with E-state index in [1.165, 1.54) is 14.9 Å². The molecule has 0 spiro atoms. The summed E-state index contributed by atoms with van der Waals surface area (Å²) < 4.78 is 27.5. The topological polar surface area (TPSA) is 294 Å². The molecule has 9 rings (SSSR count). The van der Waals surface area contributed by atoms with Crippen LogP contribution < -0.4 is 18.9 Å². The van der Waals surface area contributed by atoms with Gasteiger partial charge in [0, 0.05) is 29.7 Å². The molecule has 9 aromatic rings. The second kappa shape index (κ2) is 26.3. The SMILES string of the molecule is CCOC(=O)c1c(C)noc1-n1ccc(-c2ccccc2)n1.CCOC(=O)c1c(C)noc1Cl.Cc1noc(-n2ccc(-c3ccccc3)n2)c1C(=O)O.O.[Li+].[OH-].c1ccc(-c2ccn[nH]2)cc1. The quantitative estimate of drug-likeness (QED) is 0.127. The van der Waals surface area contributed by atoms with Crippen LogP contribution in [0.4, 0.5) is 0 Å². The third-order valence-electron chi connectivity index (χ3n) is 9.00. The Morgan fingerprint density at radius 3 is 1.44 bits per heavy atom. The summed E-state index contributed by atoms with van der Waals surface area (Å²) in [6.45, 7) is 8.97. The van der Waals surface area contributed by atoms with Gasteiger partial charge < -0.3 is 39.1 Å². The van der Waals surface area contributed by atoms with E-state index in [-0.39, 0.29) is 64.5 Å². The Balaban J connectivity index is 0.000000246. The average Bonchev–Trinajstić information content (AvgIpc) is 4.19. The van der Waals surface area contributed by atoms with Gasteiger partial charge in [-0.2, -0.15) is 15.3 Å². The summed E-state index contributed by atoms with van der Waals surface area (Å²) in [5, 5.41) is 35.7. The minimum absolute atomic E-state index is 0. The number of nitrogens with one attached hydrogen (secondary N) is 1. The van der Waals surface area contributed by atoms with Crippen molar-refractivity contribution >= 4 is 29.5 Å². The van der Waals surface area contributed by atoms with Crippen LogP contribution in [-0.2, 0) is 9.47 Å². The van der Waals surface area contributed by atoms with Gasteiger partial charge in [0.05, 0.1) is 47.4 Å². The van der Waals surface area contributed by atoms with Gasteiger partial charge >= 0.3 is 36.8 Å². The number of aromatic carboxylic acids is 1. The molecule has 0 aliphatic carbocycles. The van der Waals surface area contributed by atoms with Crippen LogP contribution in [-0.4, -0.2) is 92.4 Å². The van der Waals surface area contributed by atoms with E-state index in [0.29, 0.717) is 29.3 Å². The number of aryl methyl sites for hydroxylation is 3. The molecule has 5 N–H and O–H groups in total. The second-order valence-electron chi connectivity index (χ2n) is 13.4. The third kappa shape index (κ3) is 13.6. The van der Waals surface area contributed by atoms with Crippen LogP contribution in [0.2, 0.25) is 5.22 Å². The first kappa shape index (κ1) is 54.5. The van der Waals surface area contributed by atoms with Crippen LogP contribution in [0.25, 0.3) is 45.5 Å². The van der Waals surface area contributed by atoms with Crippen LogP contribution in [0, 0.1) is 20.8 Å². The molecule has 0 amide bonds. The van der Waals surface area contributed by atoms with Crippen LogP contribution >= 0.6 is 11.6 Å². The molecule has 0 radical (unpaired) electrons. The monoisotopic (exact) mass is 941 g/mol. The first-order valence-electron chi connectivity index (χ1n) is 19.9. The maximum Gasteiger partial charge on any atom is 1.00 e. The number of rotatable bonds is 10. The van der Waals surface area contributed by atoms with Gasteiger partial charge in [0.25, 0.3) is 11.8 Å². The van der Waals surface area contributed by atoms with Gasteiger partial charge in [0.15, 0.2) is 0 Å². The number of benzene rings is 3. The molecule has 0 unspecified atom stereocenters. The number of halogens is 1. The Morgan fingerprint density at radius 2 is 1.03 bits per heavy atom. The summed E-state index contributed by atoms with van der Waals surface area (Å²) in [5.41, 5.74) is 7.44. The first-order chi connectivity index (χ1) is 31.5. The predicted molar refractivity (Wildman–Crippen MR) is 242 cm³/mol. The van der Waals surface area contributed by atoms with E-state index in [1.807, 2.05) is 103 Å². The van der Waals surface area contributed by atoms with Crippen molar-refractivity contribution in [3.05, 3.63) is 167 Å². The summed E-state index contributed by atoms with van der Waals surface area (Å²) in [6.07, 6.45) is 5.13. The molecule has 6 heterocycles. The standard InChI is InChI=1S/C16H15N3O3.C14H11N3O3.C9H8N2.C7H8ClNO3.Li.2H2O/c1-3-21-16(20)14-11(2)18-22-15(14)19-10-9-13(17-19)12-7-5-4-6-8-12;1-9-12(14(18)19)13(20-16-9)17-8-7-11(15-17)10-5-3-2-4-6-10;1-2-4-8(5-3-1)9-6-7-10-11-9;1-3-11-7(10)5-4(2)9-12-6(5)8;;;/h4-10H,3H2,1-2H3;2-8H,1H3,(H,18,19);1-7H,(H,10,11);3H2,1-2H3;;2*1H2/q;;;;+1;;/p-1. The molecule has 0 bridgehead atoms. The second-order valence-corrected chi connectivity index (χ2v) is 13.8. The number of ether oxygens (including phenoxy) is 2. The largest absolute Gasteiger partial charge is 1.00 e. The van der Waals surface area contributed by atoms with E-state index in [0.717, 1.165) is 28.2 Å². The van der Waals surface area contributed by atoms with Crippen molar-refractivity contribution in [2.24, 2.45) is 0 Å². The molecule has 348 valence electrons. The number of carboxylic acid groups (broad SMARTS) is 1. The molecular weight excluding hydrogens is 897 g/mol. The smallest absolute Gasteiger partial charge is 0.870 e. The maximum absolute atomic E-state index is 12.0. The van der Waals surface area contributed by atoms with Gasteiger partial charge in [-0.05, 0) is 70.0 Å². The van der Waals surface area contributed by atoms with Crippen LogP contribution in [0.15, 0.2) is 141 Å². The molecule has 0 atom stereocenters. The zero-order valence-corrected chi connectivity index (χ0v) is 38.4. The Bertz CT molecular complexity index is 2910. The molecular formula is C46H45ClLiN9O11. The van der Waals surface area contributed by atoms with Gasteiger partial charge in [0.2, 0.25) is 5.22 Å². The van der Waals surface area contributed by atoms with Gasteiger partial charge in [-0.3, -0.25) is 5.10 Å². The van der Waals surface area contributed by atoms with Crippen molar-refractivity contribution in [1.82, 2.24) is 45.2 Å². The van der Waals surface area contributed by atoms with E-state index in [1.54, 1.807) is 59.3 Å². The number of carboxylic acids is 1. The molecule has 0 fully saturated rings. The van der Waals surface area contributed by atoms with Crippen molar-refractivity contribution in [3.63, 3.8) is 0 Å². The van der Waals surface area contributed by atoms with E-state index in [4.69, 9.17) is 30.1 Å². The van der Waals surface area contributed by atoms with E-state index >= 15 is 0 Å². The normalized spacial score (nSPS) is 9.91. The fourth-order valence-corrected chi connectivity index (χ4v) is 6.17. The third-order valence-corrected chi connectivity index (χ3v) is 9.26. The first-order valence-corrected chi connectivity index (χ1v) is 20.3. The Labute approximate surface area is 405 Å². The molecule has 0 aliphatic heterocycles. The molecule has 0 saturated heterocycles. The van der Waals surface area contributed by atoms with Crippen molar-refractivity contribution in [1.29, 1.82) is 0 Å². The van der Waals surface area contributed by atoms with Crippen LogP contribution in [0.1, 0.15) is 62.0 Å². The van der Waals surface area contributed by atoms with E-state index in [2.05, 4.69) is 40.4 Å². The van der Waals surface area contributed by atoms with E-state index in [9.17, 15) is 19.5 Å². The zero-order chi connectivity index (χ0) is 46.3. The van der Waals surface area contributed by atoms with Gasteiger partial charge in [0.1, 0.15) is 16.7 Å².